The van der Waals surface area contributed by atoms with Gasteiger partial charge in [0, 0.05) is 17.2 Å². The van der Waals surface area contributed by atoms with Crippen LogP contribution in [0, 0.1) is 5.92 Å². The van der Waals surface area contributed by atoms with Gasteiger partial charge in [-0.05, 0) is 49.2 Å². The van der Waals surface area contributed by atoms with Crippen molar-refractivity contribution in [3.05, 3.63) is 42.7 Å². The molecule has 0 unspecified atom stereocenters. The van der Waals surface area contributed by atoms with Gasteiger partial charge in [0.05, 0.1) is 6.26 Å². The molecule has 0 saturated heterocycles. The lowest BCUT2D eigenvalue weighted by Crippen LogP contribution is -2.20. The van der Waals surface area contributed by atoms with Crippen molar-refractivity contribution in [2.24, 2.45) is 5.92 Å². The quantitative estimate of drug-likeness (QED) is 0.781. The number of nitrogens with zero attached hydrogens (tertiary/aromatic N) is 2. The SMILES string of the molecule is O=C(Nc1ccc(-c2nnc(-c3ccco3)o2)cc1)C1CCCC1. The van der Waals surface area contributed by atoms with Gasteiger partial charge in [0.2, 0.25) is 11.8 Å². The van der Waals surface area contributed by atoms with Crippen LogP contribution in [-0.4, -0.2) is 16.1 Å². The summed E-state index contributed by atoms with van der Waals surface area (Å²) >= 11 is 0. The molecule has 0 aliphatic heterocycles. The highest BCUT2D eigenvalue weighted by Crippen LogP contribution is 2.27. The van der Waals surface area contributed by atoms with E-state index < -0.39 is 0 Å². The molecular formula is C18H17N3O3. The first-order chi connectivity index (χ1) is 11.8. The van der Waals surface area contributed by atoms with Gasteiger partial charge in [-0.25, -0.2) is 0 Å². The molecule has 2 aromatic heterocycles. The molecule has 1 aromatic carbocycles. The van der Waals surface area contributed by atoms with E-state index in [2.05, 4.69) is 15.5 Å². The molecule has 2 heterocycles. The van der Waals surface area contributed by atoms with Crippen LogP contribution in [0.3, 0.4) is 0 Å². The number of nitrogens with one attached hydrogen (secondary N) is 1. The number of rotatable bonds is 4. The van der Waals surface area contributed by atoms with Crippen molar-refractivity contribution in [1.29, 1.82) is 0 Å². The van der Waals surface area contributed by atoms with Gasteiger partial charge in [-0.1, -0.05) is 12.8 Å². The van der Waals surface area contributed by atoms with Crippen LogP contribution in [0.4, 0.5) is 5.69 Å². The second-order valence-corrected chi connectivity index (χ2v) is 5.94. The Bertz CT molecular complexity index is 816. The third-order valence-electron chi connectivity index (χ3n) is 4.28. The summed E-state index contributed by atoms with van der Waals surface area (Å²) < 4.78 is 10.8. The lowest BCUT2D eigenvalue weighted by atomic mass is 10.1. The third kappa shape index (κ3) is 2.95. The molecule has 0 atom stereocenters. The summed E-state index contributed by atoms with van der Waals surface area (Å²) in [6.07, 6.45) is 5.82. The van der Waals surface area contributed by atoms with Gasteiger partial charge in [0.25, 0.3) is 5.89 Å². The van der Waals surface area contributed by atoms with E-state index in [-0.39, 0.29) is 11.8 Å². The minimum atomic E-state index is 0.109. The maximum Gasteiger partial charge on any atom is 0.283 e. The van der Waals surface area contributed by atoms with Crippen molar-refractivity contribution in [3.63, 3.8) is 0 Å². The van der Waals surface area contributed by atoms with Crippen LogP contribution in [0.25, 0.3) is 23.1 Å². The molecule has 4 rings (SSSR count). The van der Waals surface area contributed by atoms with Crippen LogP contribution in [0.2, 0.25) is 0 Å². The van der Waals surface area contributed by atoms with Crippen molar-refractivity contribution < 1.29 is 13.6 Å². The van der Waals surface area contributed by atoms with Crippen molar-refractivity contribution in [2.45, 2.75) is 25.7 Å². The summed E-state index contributed by atoms with van der Waals surface area (Å²) in [4.78, 5) is 12.1. The van der Waals surface area contributed by atoms with Crippen LogP contribution in [0.15, 0.2) is 51.5 Å². The van der Waals surface area contributed by atoms with E-state index in [0.717, 1.165) is 36.9 Å². The fraction of sp³-hybridized carbons (Fsp3) is 0.278. The largest absolute Gasteiger partial charge is 0.459 e. The van der Waals surface area contributed by atoms with E-state index in [4.69, 9.17) is 8.83 Å². The highest BCUT2D eigenvalue weighted by atomic mass is 16.4. The number of hydrogen-bond donors (Lipinski definition) is 1. The van der Waals surface area contributed by atoms with Crippen molar-refractivity contribution in [3.8, 4) is 23.1 Å². The molecule has 122 valence electrons. The summed E-state index contributed by atoms with van der Waals surface area (Å²) in [5, 5.41) is 11.0. The van der Waals surface area contributed by atoms with Crippen LogP contribution >= 0.6 is 0 Å². The van der Waals surface area contributed by atoms with Gasteiger partial charge >= 0.3 is 0 Å². The first-order valence-electron chi connectivity index (χ1n) is 8.08. The standard InChI is InChI=1S/C18H17N3O3/c22-16(12-4-1-2-5-12)19-14-9-7-13(8-10-14)17-20-21-18(24-17)15-6-3-11-23-15/h3,6-12H,1-2,4-5H2,(H,19,22). The molecule has 0 radical (unpaired) electrons. The zero-order chi connectivity index (χ0) is 16.4. The minimum absolute atomic E-state index is 0.109. The van der Waals surface area contributed by atoms with E-state index in [1.807, 2.05) is 24.3 Å². The Kier molecular flexibility index (Phi) is 3.86. The van der Waals surface area contributed by atoms with Crippen LogP contribution in [0.1, 0.15) is 25.7 Å². The van der Waals surface area contributed by atoms with Crippen molar-refractivity contribution in [2.75, 3.05) is 5.32 Å². The fourth-order valence-electron chi connectivity index (χ4n) is 2.97. The summed E-state index contributed by atoms with van der Waals surface area (Å²) in [7, 11) is 0. The monoisotopic (exact) mass is 323 g/mol. The average Bonchev–Trinajstić information content (AvgIpc) is 3.35. The number of benzene rings is 1. The normalized spacial score (nSPS) is 14.8. The predicted octanol–water partition coefficient (Wildman–Crippen LogP) is 4.13. The molecule has 1 fully saturated rings. The molecule has 0 bridgehead atoms. The van der Waals surface area contributed by atoms with Crippen LogP contribution < -0.4 is 5.32 Å². The van der Waals surface area contributed by atoms with Crippen LogP contribution in [0.5, 0.6) is 0 Å². The van der Waals surface area contributed by atoms with E-state index >= 15 is 0 Å². The van der Waals surface area contributed by atoms with Gasteiger partial charge in [-0.2, -0.15) is 0 Å². The molecule has 3 aromatic rings. The lowest BCUT2D eigenvalue weighted by molar-refractivity contribution is -0.119. The number of carbonyl (C=O) groups is 1. The van der Waals surface area contributed by atoms with Crippen molar-refractivity contribution in [1.82, 2.24) is 10.2 Å². The summed E-state index contributed by atoms with van der Waals surface area (Å²) in [6, 6.07) is 10.9. The Morgan fingerprint density at radius 1 is 1.04 bits per heavy atom. The number of carbonyl (C=O) groups excluding carboxylic acids is 1. The summed E-state index contributed by atoms with van der Waals surface area (Å²) in [5.74, 6) is 1.55. The van der Waals surface area contributed by atoms with Gasteiger partial charge in [0.1, 0.15) is 0 Å². The molecule has 0 spiro atoms. The van der Waals surface area contributed by atoms with E-state index in [1.54, 1.807) is 18.4 Å². The smallest absolute Gasteiger partial charge is 0.283 e. The summed E-state index contributed by atoms with van der Waals surface area (Å²) in [6.45, 7) is 0. The van der Waals surface area contributed by atoms with Gasteiger partial charge < -0.3 is 14.2 Å². The molecule has 6 heteroatoms. The summed E-state index contributed by atoms with van der Waals surface area (Å²) in [5.41, 5.74) is 1.57. The third-order valence-corrected chi connectivity index (χ3v) is 4.28. The molecule has 1 saturated carbocycles. The Hall–Kier alpha value is -2.89. The second-order valence-electron chi connectivity index (χ2n) is 5.94. The number of anilines is 1. The Morgan fingerprint density at radius 2 is 1.79 bits per heavy atom. The van der Waals surface area contributed by atoms with Gasteiger partial charge in [-0.15, -0.1) is 10.2 Å². The highest BCUT2D eigenvalue weighted by molar-refractivity contribution is 5.92. The molecular weight excluding hydrogens is 306 g/mol. The maximum atomic E-state index is 12.1. The molecule has 6 nitrogen and oxygen atoms in total. The van der Waals surface area contributed by atoms with Gasteiger partial charge in [0.15, 0.2) is 5.76 Å². The zero-order valence-electron chi connectivity index (χ0n) is 13.1. The van der Waals surface area contributed by atoms with Crippen molar-refractivity contribution >= 4 is 11.6 Å². The number of amides is 1. The molecule has 1 aliphatic carbocycles. The Balaban J connectivity index is 1.46. The zero-order valence-corrected chi connectivity index (χ0v) is 13.1. The van der Waals surface area contributed by atoms with Gasteiger partial charge in [-0.3, -0.25) is 4.79 Å². The molecule has 1 aliphatic rings. The topological polar surface area (TPSA) is 81.2 Å². The lowest BCUT2D eigenvalue weighted by Gasteiger charge is -2.10. The molecule has 1 amide bonds. The number of aromatic nitrogens is 2. The number of furan rings is 1. The predicted molar refractivity (Wildman–Crippen MR) is 88.0 cm³/mol. The first-order valence-corrected chi connectivity index (χ1v) is 8.08. The number of hydrogen-bond acceptors (Lipinski definition) is 5. The van der Waals surface area contributed by atoms with Crippen LogP contribution in [-0.2, 0) is 4.79 Å². The Morgan fingerprint density at radius 3 is 2.50 bits per heavy atom. The van der Waals surface area contributed by atoms with E-state index in [9.17, 15) is 4.79 Å². The second kappa shape index (κ2) is 6.31. The van der Waals surface area contributed by atoms with E-state index in [0.29, 0.717) is 17.5 Å². The average molecular weight is 323 g/mol. The maximum absolute atomic E-state index is 12.1. The first kappa shape index (κ1) is 14.7. The molecule has 1 N–H and O–H groups in total. The van der Waals surface area contributed by atoms with E-state index in [1.165, 1.54) is 0 Å². The Labute approximate surface area is 138 Å². The molecule has 24 heavy (non-hydrogen) atoms. The fourth-order valence-corrected chi connectivity index (χ4v) is 2.97. The highest BCUT2D eigenvalue weighted by Gasteiger charge is 2.22. The minimum Gasteiger partial charge on any atom is -0.459 e.